The smallest absolute Gasteiger partial charge is 0.295 e. The molecule has 0 bridgehead atoms. The molecule has 3 aromatic carbocycles. The van der Waals surface area contributed by atoms with Gasteiger partial charge in [-0.2, -0.15) is 0 Å². The maximum atomic E-state index is 13.4. The number of hydrogen-bond donors (Lipinski definition) is 2. The van der Waals surface area contributed by atoms with Crippen molar-refractivity contribution in [1.82, 2.24) is 14.5 Å². The number of amides is 1. The number of aromatic nitrogens is 2. The number of aliphatic hydroxyl groups is 1. The van der Waals surface area contributed by atoms with Gasteiger partial charge in [0.2, 0.25) is 0 Å². The third-order valence-corrected chi connectivity index (χ3v) is 7.22. The molecule has 5 rings (SSSR count). The highest BCUT2D eigenvalue weighted by molar-refractivity contribution is 6.46. The predicted molar refractivity (Wildman–Crippen MR) is 152 cm³/mol. The van der Waals surface area contributed by atoms with Crippen molar-refractivity contribution in [2.24, 2.45) is 0 Å². The monoisotopic (exact) mass is 553 g/mol. The Hall–Kier alpha value is -5.05. The summed E-state index contributed by atoms with van der Waals surface area (Å²) in [5.74, 6) is -1.04. The zero-order chi connectivity index (χ0) is 28.9. The summed E-state index contributed by atoms with van der Waals surface area (Å²) in [5.41, 5.74) is 3.07. The molecule has 1 atom stereocenters. The lowest BCUT2D eigenvalue weighted by atomic mass is 9.95. The fourth-order valence-electron chi connectivity index (χ4n) is 4.96. The van der Waals surface area contributed by atoms with E-state index in [9.17, 15) is 19.8 Å². The van der Waals surface area contributed by atoms with Crippen LogP contribution in [0.25, 0.3) is 5.76 Å². The fraction of sp³-hybridized carbons (Fsp3) is 0.219. The first-order valence-corrected chi connectivity index (χ1v) is 13.3. The molecule has 9 nitrogen and oxygen atoms in total. The molecule has 9 heteroatoms. The summed E-state index contributed by atoms with van der Waals surface area (Å²) in [5, 5.41) is 21.5. The van der Waals surface area contributed by atoms with E-state index in [-0.39, 0.29) is 29.4 Å². The SMILES string of the molecule is COc1cc([C@@H]2/C(=C(\O)c3ccc(OCc4ccccc4C)cc3)C(=O)C(=O)N2CCCn2ccnc2)ccc1O. The first kappa shape index (κ1) is 27.5. The van der Waals surface area contributed by atoms with Crippen LogP contribution in [0.2, 0.25) is 0 Å². The van der Waals surface area contributed by atoms with Crippen LogP contribution in [0.4, 0.5) is 0 Å². The number of ether oxygens (including phenoxy) is 2. The average molecular weight is 554 g/mol. The third kappa shape index (κ3) is 5.79. The van der Waals surface area contributed by atoms with Gasteiger partial charge in [0.1, 0.15) is 18.1 Å². The van der Waals surface area contributed by atoms with Crippen molar-refractivity contribution in [3.05, 3.63) is 113 Å². The molecular weight excluding hydrogens is 522 g/mol. The second kappa shape index (κ2) is 12.0. The van der Waals surface area contributed by atoms with Crippen LogP contribution in [0.3, 0.4) is 0 Å². The van der Waals surface area contributed by atoms with Crippen molar-refractivity contribution < 1.29 is 29.3 Å². The Morgan fingerprint density at radius 3 is 2.51 bits per heavy atom. The van der Waals surface area contributed by atoms with Crippen LogP contribution in [0.15, 0.2) is 91.0 Å². The highest BCUT2D eigenvalue weighted by Crippen LogP contribution is 2.42. The molecule has 1 aliphatic rings. The van der Waals surface area contributed by atoms with E-state index in [1.807, 2.05) is 42.0 Å². The number of phenolic OH excluding ortho intramolecular Hbond substituents is 1. The van der Waals surface area contributed by atoms with E-state index >= 15 is 0 Å². The number of imidazole rings is 1. The minimum atomic E-state index is -0.871. The number of aryl methyl sites for hydroxylation is 2. The first-order chi connectivity index (χ1) is 19.9. The molecule has 2 heterocycles. The number of aliphatic hydroxyl groups excluding tert-OH is 1. The van der Waals surface area contributed by atoms with Crippen LogP contribution < -0.4 is 9.47 Å². The largest absolute Gasteiger partial charge is 0.507 e. The highest BCUT2D eigenvalue weighted by Gasteiger charge is 2.46. The van der Waals surface area contributed by atoms with Crippen LogP contribution in [-0.4, -0.2) is 50.0 Å². The van der Waals surface area contributed by atoms with Gasteiger partial charge in [-0.05, 0) is 66.4 Å². The molecule has 0 aliphatic carbocycles. The number of aromatic hydroxyl groups is 1. The van der Waals surface area contributed by atoms with Crippen molar-refractivity contribution in [1.29, 1.82) is 0 Å². The van der Waals surface area contributed by atoms with Gasteiger partial charge in [0.15, 0.2) is 11.5 Å². The van der Waals surface area contributed by atoms with E-state index in [0.717, 1.165) is 11.1 Å². The molecule has 1 saturated heterocycles. The number of phenols is 1. The van der Waals surface area contributed by atoms with Crippen LogP contribution >= 0.6 is 0 Å². The Labute approximate surface area is 237 Å². The normalized spacial score (nSPS) is 16.2. The topological polar surface area (TPSA) is 114 Å². The number of benzene rings is 3. The third-order valence-electron chi connectivity index (χ3n) is 7.22. The van der Waals surface area contributed by atoms with Crippen LogP contribution in [0, 0.1) is 6.92 Å². The molecule has 4 aromatic rings. The van der Waals surface area contributed by atoms with Crippen molar-refractivity contribution in [3.63, 3.8) is 0 Å². The molecule has 210 valence electrons. The lowest BCUT2D eigenvalue weighted by Crippen LogP contribution is -2.31. The molecule has 0 saturated carbocycles. The van der Waals surface area contributed by atoms with Gasteiger partial charge in [-0.15, -0.1) is 0 Å². The molecule has 0 radical (unpaired) electrons. The maximum Gasteiger partial charge on any atom is 0.295 e. The lowest BCUT2D eigenvalue weighted by Gasteiger charge is -2.26. The molecule has 0 unspecified atom stereocenters. The number of Topliss-reactive ketones (excluding diaryl/α,β-unsaturated/α-hetero) is 1. The lowest BCUT2D eigenvalue weighted by molar-refractivity contribution is -0.139. The van der Waals surface area contributed by atoms with Crippen molar-refractivity contribution in [3.8, 4) is 17.2 Å². The number of hydrogen-bond acceptors (Lipinski definition) is 7. The van der Waals surface area contributed by atoms with Crippen molar-refractivity contribution in [2.45, 2.75) is 32.5 Å². The molecule has 1 fully saturated rings. The Morgan fingerprint density at radius 1 is 1.02 bits per heavy atom. The summed E-state index contributed by atoms with van der Waals surface area (Å²) in [6, 6.07) is 18.5. The number of likely N-dealkylation sites (tertiary alicyclic amines) is 1. The minimum absolute atomic E-state index is 0.0287. The summed E-state index contributed by atoms with van der Waals surface area (Å²) < 4.78 is 13.1. The Morgan fingerprint density at radius 2 is 1.80 bits per heavy atom. The summed E-state index contributed by atoms with van der Waals surface area (Å²) >= 11 is 0. The summed E-state index contributed by atoms with van der Waals surface area (Å²) in [6.45, 7) is 3.27. The number of carbonyl (C=O) groups excluding carboxylic acids is 2. The van der Waals surface area contributed by atoms with Gasteiger partial charge in [-0.25, -0.2) is 4.98 Å². The van der Waals surface area contributed by atoms with Gasteiger partial charge < -0.3 is 29.2 Å². The van der Waals surface area contributed by atoms with Crippen molar-refractivity contribution >= 4 is 17.4 Å². The standard InChI is InChI=1S/C32H31N3O6/c1-21-6-3-4-7-24(21)19-41-25-11-8-22(9-12-25)30(37)28-29(23-10-13-26(36)27(18-23)40-2)35(32(39)31(28)38)16-5-15-34-17-14-33-20-34/h3-4,6-14,17-18,20,29,36-37H,5,15-16,19H2,1-2H3/b30-28+/t29-/m1/s1. The Balaban J connectivity index is 1.45. The summed E-state index contributed by atoms with van der Waals surface area (Å²) in [6.07, 6.45) is 5.74. The molecule has 1 aromatic heterocycles. The zero-order valence-corrected chi connectivity index (χ0v) is 22.9. The van der Waals surface area contributed by atoms with E-state index in [1.54, 1.807) is 48.9 Å². The second-order valence-electron chi connectivity index (χ2n) is 9.82. The van der Waals surface area contributed by atoms with Crippen LogP contribution in [-0.2, 0) is 22.7 Å². The predicted octanol–water partition coefficient (Wildman–Crippen LogP) is 5.00. The van der Waals surface area contributed by atoms with Gasteiger partial charge in [0.25, 0.3) is 11.7 Å². The van der Waals surface area contributed by atoms with Gasteiger partial charge in [-0.3, -0.25) is 9.59 Å². The van der Waals surface area contributed by atoms with Gasteiger partial charge in [0, 0.05) is 31.0 Å². The Bertz CT molecular complexity index is 1580. The highest BCUT2D eigenvalue weighted by atomic mass is 16.5. The van der Waals surface area contributed by atoms with Crippen molar-refractivity contribution in [2.75, 3.05) is 13.7 Å². The number of nitrogens with zero attached hydrogens (tertiary/aromatic N) is 3. The number of methoxy groups -OCH3 is 1. The first-order valence-electron chi connectivity index (χ1n) is 13.3. The quantitative estimate of drug-likeness (QED) is 0.161. The maximum absolute atomic E-state index is 13.4. The van der Waals surface area contributed by atoms with E-state index in [2.05, 4.69) is 4.98 Å². The molecule has 0 spiro atoms. The molecule has 1 amide bonds. The van der Waals surface area contributed by atoms with E-state index in [4.69, 9.17) is 9.47 Å². The van der Waals surface area contributed by atoms with Gasteiger partial charge >= 0.3 is 0 Å². The average Bonchev–Trinajstić information content (AvgIpc) is 3.59. The molecule has 41 heavy (non-hydrogen) atoms. The fourth-order valence-corrected chi connectivity index (χ4v) is 4.96. The number of ketones is 1. The van der Waals surface area contributed by atoms with Crippen LogP contribution in [0.5, 0.6) is 17.2 Å². The van der Waals surface area contributed by atoms with E-state index in [0.29, 0.717) is 36.4 Å². The Kier molecular flexibility index (Phi) is 8.05. The molecule has 2 N–H and O–H groups in total. The molecule has 1 aliphatic heterocycles. The van der Waals surface area contributed by atoms with E-state index < -0.39 is 17.7 Å². The second-order valence-corrected chi connectivity index (χ2v) is 9.82. The number of rotatable bonds is 10. The summed E-state index contributed by atoms with van der Waals surface area (Å²) in [4.78, 5) is 32.1. The van der Waals surface area contributed by atoms with Gasteiger partial charge in [-0.1, -0.05) is 30.3 Å². The summed E-state index contributed by atoms with van der Waals surface area (Å²) in [7, 11) is 1.42. The van der Waals surface area contributed by atoms with E-state index in [1.165, 1.54) is 18.1 Å². The molecular formula is C32H31N3O6. The van der Waals surface area contributed by atoms with Crippen LogP contribution in [0.1, 0.15) is 34.7 Å². The van der Waals surface area contributed by atoms with Gasteiger partial charge in [0.05, 0.1) is 25.1 Å². The number of carbonyl (C=O) groups is 2. The minimum Gasteiger partial charge on any atom is -0.507 e. The zero-order valence-electron chi connectivity index (χ0n) is 22.9.